The molecule has 130 valence electrons. The van der Waals surface area contributed by atoms with Crippen molar-refractivity contribution in [3.63, 3.8) is 0 Å². The normalized spacial score (nSPS) is 19.0. The highest BCUT2D eigenvalue weighted by Gasteiger charge is 2.36. The van der Waals surface area contributed by atoms with Gasteiger partial charge in [-0.15, -0.1) is 0 Å². The minimum Gasteiger partial charge on any atom is -0.482 e. The van der Waals surface area contributed by atoms with E-state index < -0.39 is 5.60 Å². The van der Waals surface area contributed by atoms with Crippen LogP contribution in [-0.4, -0.2) is 12.1 Å². The van der Waals surface area contributed by atoms with Gasteiger partial charge in [0.2, 0.25) is 0 Å². The van der Waals surface area contributed by atoms with Gasteiger partial charge in [-0.1, -0.05) is 53.2 Å². The molecule has 0 saturated heterocycles. The number of fused-ring (bicyclic) bond motifs is 1. The Balaban J connectivity index is 2.08. The number of ether oxygens (including phenoxy) is 1. The smallest absolute Gasteiger partial charge is 0.307 e. The van der Waals surface area contributed by atoms with Crippen molar-refractivity contribution < 1.29 is 13.7 Å². The van der Waals surface area contributed by atoms with Crippen LogP contribution in [0, 0.1) is 0 Å². The van der Waals surface area contributed by atoms with E-state index in [1.54, 1.807) is 0 Å². The summed E-state index contributed by atoms with van der Waals surface area (Å²) in [6.07, 6.45) is 0.823. The Morgan fingerprint density at radius 1 is 1.28 bits per heavy atom. The van der Waals surface area contributed by atoms with Gasteiger partial charge < -0.3 is 8.92 Å². The van der Waals surface area contributed by atoms with Gasteiger partial charge in [0.05, 0.1) is 5.69 Å². The molecule has 0 bridgehead atoms. The standard InChI is InChI=1S/C19H18BrNO3S/c1-3-19(2)18(20)17(13-7-5-4-6-8-13)15-10-9-14(11-16(15)24-19)21-25-23-12-22/h4-12,21H,3H2,1-2H3. The van der Waals surface area contributed by atoms with Crippen LogP contribution in [0.5, 0.6) is 5.75 Å². The zero-order chi connectivity index (χ0) is 17.9. The van der Waals surface area contributed by atoms with Crippen LogP contribution in [0.3, 0.4) is 0 Å². The van der Waals surface area contributed by atoms with Crippen LogP contribution < -0.4 is 9.46 Å². The van der Waals surface area contributed by atoms with E-state index >= 15 is 0 Å². The number of benzene rings is 2. The van der Waals surface area contributed by atoms with Gasteiger partial charge in [0.1, 0.15) is 11.4 Å². The monoisotopic (exact) mass is 419 g/mol. The van der Waals surface area contributed by atoms with Crippen LogP contribution in [0.2, 0.25) is 0 Å². The van der Waals surface area contributed by atoms with E-state index in [1.807, 2.05) is 36.4 Å². The van der Waals surface area contributed by atoms with Gasteiger partial charge in [0, 0.05) is 21.7 Å². The fraction of sp³-hybridized carbons (Fsp3) is 0.211. The molecule has 0 saturated carbocycles. The summed E-state index contributed by atoms with van der Waals surface area (Å²) < 4.78 is 14.9. The molecule has 1 heterocycles. The fourth-order valence-electron chi connectivity index (χ4n) is 2.75. The first-order chi connectivity index (χ1) is 12.1. The number of hydrogen-bond acceptors (Lipinski definition) is 5. The molecular weight excluding hydrogens is 402 g/mol. The molecule has 0 radical (unpaired) electrons. The Morgan fingerprint density at radius 2 is 2.04 bits per heavy atom. The van der Waals surface area contributed by atoms with E-state index in [1.165, 1.54) is 0 Å². The lowest BCUT2D eigenvalue weighted by atomic mass is 9.88. The molecule has 0 spiro atoms. The van der Waals surface area contributed by atoms with Crippen molar-refractivity contribution in [3.05, 3.63) is 64.1 Å². The van der Waals surface area contributed by atoms with Crippen LogP contribution in [0.15, 0.2) is 53.0 Å². The molecule has 2 aromatic rings. The van der Waals surface area contributed by atoms with Crippen molar-refractivity contribution in [1.82, 2.24) is 0 Å². The summed E-state index contributed by atoms with van der Waals surface area (Å²) >= 11 is 4.66. The van der Waals surface area contributed by atoms with Crippen LogP contribution in [0.25, 0.3) is 5.57 Å². The summed E-state index contributed by atoms with van der Waals surface area (Å²) in [5.41, 5.74) is 3.65. The second-order valence-electron chi connectivity index (χ2n) is 5.83. The lowest BCUT2D eigenvalue weighted by molar-refractivity contribution is -0.119. The molecule has 2 aromatic carbocycles. The maximum atomic E-state index is 10.3. The first-order valence-electron chi connectivity index (χ1n) is 7.90. The van der Waals surface area contributed by atoms with Crippen molar-refractivity contribution in [2.24, 2.45) is 0 Å². The molecule has 0 fully saturated rings. The number of rotatable bonds is 6. The van der Waals surface area contributed by atoms with E-state index in [0.29, 0.717) is 6.47 Å². The van der Waals surface area contributed by atoms with Crippen molar-refractivity contribution >= 4 is 45.9 Å². The van der Waals surface area contributed by atoms with Crippen molar-refractivity contribution in [1.29, 1.82) is 0 Å². The number of anilines is 1. The predicted octanol–water partition coefficient (Wildman–Crippen LogP) is 5.55. The summed E-state index contributed by atoms with van der Waals surface area (Å²) in [6.45, 7) is 4.56. The molecular formula is C19H18BrNO3S. The largest absolute Gasteiger partial charge is 0.482 e. The zero-order valence-corrected chi connectivity index (χ0v) is 16.3. The Bertz CT molecular complexity index is 810. The van der Waals surface area contributed by atoms with E-state index in [9.17, 15) is 4.79 Å². The summed E-state index contributed by atoms with van der Waals surface area (Å²) in [7, 11) is 0. The molecule has 4 nitrogen and oxygen atoms in total. The minimum atomic E-state index is -0.441. The van der Waals surface area contributed by atoms with E-state index in [-0.39, 0.29) is 0 Å². The molecule has 1 aliphatic rings. The zero-order valence-electron chi connectivity index (χ0n) is 13.9. The van der Waals surface area contributed by atoms with Gasteiger partial charge in [-0.05, 0) is 31.0 Å². The Labute approximate surface area is 160 Å². The molecule has 1 aliphatic heterocycles. The van der Waals surface area contributed by atoms with Crippen molar-refractivity contribution in [2.75, 3.05) is 4.72 Å². The molecule has 1 atom stereocenters. The Kier molecular flexibility index (Phi) is 5.39. The number of carbonyl (C=O) groups is 1. The fourth-order valence-corrected chi connectivity index (χ4v) is 3.87. The Morgan fingerprint density at radius 3 is 2.72 bits per heavy atom. The number of carbonyl (C=O) groups excluding carboxylic acids is 1. The van der Waals surface area contributed by atoms with Crippen molar-refractivity contribution in [2.45, 2.75) is 25.9 Å². The number of halogens is 1. The van der Waals surface area contributed by atoms with E-state index in [2.05, 4.69) is 50.8 Å². The van der Waals surface area contributed by atoms with E-state index in [0.717, 1.165) is 51.3 Å². The molecule has 1 N–H and O–H groups in total. The van der Waals surface area contributed by atoms with Crippen LogP contribution in [-0.2, 0) is 8.98 Å². The maximum Gasteiger partial charge on any atom is 0.307 e. The molecule has 1 unspecified atom stereocenters. The summed E-state index contributed by atoms with van der Waals surface area (Å²) in [5.74, 6) is 0.795. The number of hydrogen-bond donors (Lipinski definition) is 1. The highest BCUT2D eigenvalue weighted by molar-refractivity contribution is 9.12. The lowest BCUT2D eigenvalue weighted by Gasteiger charge is -2.37. The first-order valence-corrected chi connectivity index (χ1v) is 9.43. The minimum absolute atomic E-state index is 0.383. The van der Waals surface area contributed by atoms with Gasteiger partial charge in [-0.3, -0.25) is 9.52 Å². The lowest BCUT2D eigenvalue weighted by Crippen LogP contribution is -2.35. The summed E-state index contributed by atoms with van der Waals surface area (Å²) in [4.78, 5) is 10.3. The van der Waals surface area contributed by atoms with Crippen LogP contribution >= 0.6 is 28.2 Å². The van der Waals surface area contributed by atoms with Crippen LogP contribution in [0.1, 0.15) is 31.4 Å². The topological polar surface area (TPSA) is 47.6 Å². The summed E-state index contributed by atoms with van der Waals surface area (Å²) in [6, 6.07) is 16.1. The third-order valence-electron chi connectivity index (χ3n) is 4.25. The highest BCUT2D eigenvalue weighted by Crippen LogP contribution is 2.48. The molecule has 6 heteroatoms. The Hall–Kier alpha value is -1.92. The predicted molar refractivity (Wildman–Crippen MR) is 106 cm³/mol. The second kappa shape index (κ2) is 7.54. The van der Waals surface area contributed by atoms with Gasteiger partial charge in [-0.25, -0.2) is 0 Å². The summed E-state index contributed by atoms with van der Waals surface area (Å²) in [5, 5.41) is 0. The van der Waals surface area contributed by atoms with Gasteiger partial charge >= 0.3 is 6.47 Å². The average Bonchev–Trinajstić information content (AvgIpc) is 2.64. The maximum absolute atomic E-state index is 10.3. The number of nitrogens with one attached hydrogen (secondary N) is 1. The van der Waals surface area contributed by atoms with E-state index in [4.69, 9.17) is 4.74 Å². The average molecular weight is 420 g/mol. The molecule has 25 heavy (non-hydrogen) atoms. The molecule has 0 aromatic heterocycles. The third-order valence-corrected chi connectivity index (χ3v) is 5.98. The highest BCUT2D eigenvalue weighted by atomic mass is 79.9. The molecule has 0 aliphatic carbocycles. The molecule has 0 amide bonds. The SMILES string of the molecule is CCC1(C)Oc2cc(NSOC=O)ccc2C(c2ccccc2)=C1Br. The molecule has 3 rings (SSSR count). The first kappa shape index (κ1) is 17.9. The quantitative estimate of drug-likeness (QED) is 0.287. The third kappa shape index (κ3) is 3.55. The van der Waals surface area contributed by atoms with Crippen LogP contribution in [0.4, 0.5) is 5.69 Å². The van der Waals surface area contributed by atoms with Gasteiger partial charge in [-0.2, -0.15) is 0 Å². The second-order valence-corrected chi connectivity index (χ2v) is 7.19. The van der Waals surface area contributed by atoms with Crippen molar-refractivity contribution in [3.8, 4) is 5.75 Å². The van der Waals surface area contributed by atoms with Gasteiger partial charge in [0.25, 0.3) is 0 Å². The van der Waals surface area contributed by atoms with Gasteiger partial charge in [0.15, 0.2) is 12.2 Å².